The van der Waals surface area contributed by atoms with Crippen molar-refractivity contribution in [2.24, 2.45) is 0 Å². The van der Waals surface area contributed by atoms with E-state index in [9.17, 15) is 9.59 Å². The van der Waals surface area contributed by atoms with E-state index in [1.165, 1.54) is 6.92 Å². The van der Waals surface area contributed by atoms with Crippen molar-refractivity contribution in [3.63, 3.8) is 0 Å². The van der Waals surface area contributed by atoms with Crippen LogP contribution in [0.4, 0.5) is 4.79 Å². The first-order valence-corrected chi connectivity index (χ1v) is 5.22. The van der Waals surface area contributed by atoms with Crippen LogP contribution in [0.2, 0.25) is 0 Å². The molecule has 16 heavy (non-hydrogen) atoms. The maximum absolute atomic E-state index is 11.4. The molecule has 0 bridgehead atoms. The van der Waals surface area contributed by atoms with Gasteiger partial charge in [0.25, 0.3) is 0 Å². The third-order valence-electron chi connectivity index (χ3n) is 2.48. The van der Waals surface area contributed by atoms with Gasteiger partial charge in [0.05, 0.1) is 0 Å². The second-order valence-corrected chi connectivity index (χ2v) is 3.94. The average Bonchev–Trinajstić information content (AvgIpc) is 2.21. The molecule has 1 saturated heterocycles. The normalized spacial score (nSPS) is 20.1. The Morgan fingerprint density at radius 2 is 1.81 bits per heavy atom. The molecule has 7 heteroatoms. The Bertz CT molecular complexity index is 263. The number of likely N-dealkylation sites (N-methyl/N-ethyl adjacent to an activating group) is 1. The number of carboxylic acids is 1. The summed E-state index contributed by atoms with van der Waals surface area (Å²) in [7, 11) is 2.02. The Kier molecular flexibility index (Phi) is 4.51. The fourth-order valence-corrected chi connectivity index (χ4v) is 1.35. The smallest absolute Gasteiger partial charge is 0.330 e. The number of carbonyl (C=O) groups is 2. The van der Waals surface area contributed by atoms with Gasteiger partial charge in [-0.2, -0.15) is 0 Å². The predicted molar refractivity (Wildman–Crippen MR) is 57.8 cm³/mol. The van der Waals surface area contributed by atoms with E-state index in [-0.39, 0.29) is 0 Å². The van der Waals surface area contributed by atoms with Crippen LogP contribution in [0.25, 0.3) is 0 Å². The third-order valence-corrected chi connectivity index (χ3v) is 2.48. The highest BCUT2D eigenvalue weighted by Gasteiger charge is 2.18. The second-order valence-electron chi connectivity index (χ2n) is 3.94. The summed E-state index contributed by atoms with van der Waals surface area (Å²) in [6.45, 7) is 4.67. The predicted octanol–water partition coefficient (Wildman–Crippen LogP) is -1.08. The lowest BCUT2D eigenvalue weighted by Crippen LogP contribution is -2.56. The van der Waals surface area contributed by atoms with Gasteiger partial charge in [0.2, 0.25) is 0 Å². The number of nitrogens with one attached hydrogen (secondary N) is 2. The summed E-state index contributed by atoms with van der Waals surface area (Å²) in [5.41, 5.74) is 2.62. The minimum Gasteiger partial charge on any atom is -0.480 e. The van der Waals surface area contributed by atoms with E-state index in [1.807, 2.05) is 7.05 Å². The molecule has 1 aliphatic rings. The van der Waals surface area contributed by atoms with Gasteiger partial charge in [0, 0.05) is 26.2 Å². The van der Waals surface area contributed by atoms with Crippen molar-refractivity contribution >= 4 is 12.0 Å². The molecular weight excluding hydrogens is 212 g/mol. The molecule has 92 valence electrons. The van der Waals surface area contributed by atoms with Crippen LogP contribution in [0.5, 0.6) is 0 Å². The Morgan fingerprint density at radius 3 is 2.31 bits per heavy atom. The topological polar surface area (TPSA) is 84.9 Å². The standard InChI is InChI=1S/C9H18N4O3/c1-7(8(14)15)10-9(16)11-13-5-3-12(2)4-6-13/h7H,3-6H2,1-2H3,(H,14,15)(H2,10,11,16)/t7-/m1/s1. The number of hydrogen-bond acceptors (Lipinski definition) is 4. The van der Waals surface area contributed by atoms with E-state index < -0.39 is 18.0 Å². The van der Waals surface area contributed by atoms with E-state index in [2.05, 4.69) is 15.6 Å². The van der Waals surface area contributed by atoms with E-state index in [0.29, 0.717) is 0 Å². The molecule has 1 aliphatic heterocycles. The number of aliphatic carboxylic acids is 1. The molecule has 0 saturated carbocycles. The van der Waals surface area contributed by atoms with Crippen molar-refractivity contribution in [3.8, 4) is 0 Å². The number of carbonyl (C=O) groups excluding carboxylic acids is 1. The van der Waals surface area contributed by atoms with Crippen molar-refractivity contribution in [1.82, 2.24) is 20.7 Å². The molecule has 1 rings (SSSR count). The molecular formula is C9H18N4O3. The number of piperazine rings is 1. The number of carboxylic acid groups (broad SMARTS) is 1. The molecule has 0 aromatic rings. The van der Waals surface area contributed by atoms with Crippen LogP contribution >= 0.6 is 0 Å². The van der Waals surface area contributed by atoms with Crippen molar-refractivity contribution in [1.29, 1.82) is 0 Å². The van der Waals surface area contributed by atoms with Crippen LogP contribution in [0, 0.1) is 0 Å². The highest BCUT2D eigenvalue weighted by Crippen LogP contribution is 1.95. The number of rotatable bonds is 3. The summed E-state index contributed by atoms with van der Waals surface area (Å²) in [4.78, 5) is 24.0. The molecule has 1 atom stereocenters. The number of nitrogens with zero attached hydrogens (tertiary/aromatic N) is 2. The van der Waals surface area contributed by atoms with Gasteiger partial charge in [-0.25, -0.2) is 9.80 Å². The molecule has 1 fully saturated rings. The minimum atomic E-state index is -1.05. The highest BCUT2D eigenvalue weighted by atomic mass is 16.4. The van der Waals surface area contributed by atoms with Gasteiger partial charge in [-0.05, 0) is 14.0 Å². The largest absolute Gasteiger partial charge is 0.480 e. The first-order chi connectivity index (χ1) is 7.49. The van der Waals surface area contributed by atoms with Gasteiger partial charge in [0.15, 0.2) is 0 Å². The van der Waals surface area contributed by atoms with Crippen molar-refractivity contribution in [2.75, 3.05) is 33.2 Å². The number of urea groups is 1. The molecule has 3 N–H and O–H groups in total. The third kappa shape index (κ3) is 4.03. The van der Waals surface area contributed by atoms with E-state index in [1.54, 1.807) is 5.01 Å². The summed E-state index contributed by atoms with van der Waals surface area (Å²) in [6.07, 6.45) is 0. The van der Waals surface area contributed by atoms with E-state index in [0.717, 1.165) is 26.2 Å². The fraction of sp³-hybridized carbons (Fsp3) is 0.778. The summed E-state index contributed by atoms with van der Waals surface area (Å²) < 4.78 is 0. The number of hydrazine groups is 1. The molecule has 0 aliphatic carbocycles. The maximum Gasteiger partial charge on any atom is 0.330 e. The number of amides is 2. The van der Waals surface area contributed by atoms with Crippen LogP contribution in [0.3, 0.4) is 0 Å². The molecule has 7 nitrogen and oxygen atoms in total. The SMILES string of the molecule is C[C@@H](NC(=O)NN1CCN(C)CC1)C(=O)O. The zero-order chi connectivity index (χ0) is 12.1. The molecule has 2 amide bonds. The lowest BCUT2D eigenvalue weighted by Gasteiger charge is -2.32. The van der Waals surface area contributed by atoms with Gasteiger partial charge in [-0.1, -0.05) is 0 Å². The van der Waals surface area contributed by atoms with Crippen LogP contribution in [-0.2, 0) is 4.79 Å². The minimum absolute atomic E-state index is 0.473. The zero-order valence-electron chi connectivity index (χ0n) is 9.56. The highest BCUT2D eigenvalue weighted by molar-refractivity contribution is 5.81. The lowest BCUT2D eigenvalue weighted by molar-refractivity contribution is -0.138. The van der Waals surface area contributed by atoms with E-state index >= 15 is 0 Å². The Labute approximate surface area is 94.4 Å². The molecule has 0 aromatic carbocycles. The molecule has 0 spiro atoms. The van der Waals surface area contributed by atoms with Crippen LogP contribution in [-0.4, -0.2) is 66.3 Å². The molecule has 0 unspecified atom stereocenters. The summed E-state index contributed by atoms with van der Waals surface area (Å²) >= 11 is 0. The quantitative estimate of drug-likeness (QED) is 0.574. The zero-order valence-corrected chi connectivity index (χ0v) is 9.56. The summed E-state index contributed by atoms with van der Waals surface area (Å²) in [5, 5.41) is 12.7. The Morgan fingerprint density at radius 1 is 1.25 bits per heavy atom. The Balaban J connectivity index is 2.26. The summed E-state index contributed by atoms with van der Waals surface area (Å²) in [6, 6.07) is -1.35. The fourth-order valence-electron chi connectivity index (χ4n) is 1.35. The monoisotopic (exact) mass is 230 g/mol. The van der Waals surface area contributed by atoms with Gasteiger partial charge in [0.1, 0.15) is 6.04 Å². The van der Waals surface area contributed by atoms with Gasteiger partial charge < -0.3 is 15.3 Å². The molecule has 1 heterocycles. The van der Waals surface area contributed by atoms with Gasteiger partial charge in [-0.15, -0.1) is 0 Å². The van der Waals surface area contributed by atoms with Crippen LogP contribution < -0.4 is 10.7 Å². The Hall–Kier alpha value is -1.34. The van der Waals surface area contributed by atoms with Crippen molar-refractivity contribution in [2.45, 2.75) is 13.0 Å². The molecule has 0 aromatic heterocycles. The van der Waals surface area contributed by atoms with Gasteiger partial charge >= 0.3 is 12.0 Å². The lowest BCUT2D eigenvalue weighted by atomic mass is 10.3. The number of hydrogen-bond donors (Lipinski definition) is 3. The van der Waals surface area contributed by atoms with Crippen LogP contribution in [0.15, 0.2) is 0 Å². The van der Waals surface area contributed by atoms with Crippen LogP contribution in [0.1, 0.15) is 6.92 Å². The summed E-state index contributed by atoms with van der Waals surface area (Å²) in [5.74, 6) is -1.05. The average molecular weight is 230 g/mol. The first-order valence-electron chi connectivity index (χ1n) is 5.22. The van der Waals surface area contributed by atoms with E-state index in [4.69, 9.17) is 5.11 Å². The van der Waals surface area contributed by atoms with Gasteiger partial charge in [-0.3, -0.25) is 10.2 Å². The van der Waals surface area contributed by atoms with Crippen molar-refractivity contribution in [3.05, 3.63) is 0 Å². The second kappa shape index (κ2) is 5.66. The van der Waals surface area contributed by atoms with Crippen molar-refractivity contribution < 1.29 is 14.7 Å². The maximum atomic E-state index is 11.4. The molecule has 0 radical (unpaired) electrons. The first kappa shape index (κ1) is 12.7.